The minimum Gasteiger partial charge on any atom is -0.462 e. The summed E-state index contributed by atoms with van der Waals surface area (Å²) in [7, 11) is -3.68. The van der Waals surface area contributed by atoms with Crippen molar-refractivity contribution in [3.8, 4) is 0 Å². The highest BCUT2D eigenvalue weighted by molar-refractivity contribution is 7.98. The van der Waals surface area contributed by atoms with E-state index in [1.807, 2.05) is 6.26 Å². The Balaban J connectivity index is 2.24. The standard InChI is InChI=1S/C17H19NO4S2/c1-4-22-17(19)13-5-10-16(12(2)11-13)18-24(20,21)15-8-6-14(23-3)7-9-15/h5-11,18H,4H2,1-3H3. The van der Waals surface area contributed by atoms with Crippen LogP contribution in [0.4, 0.5) is 5.69 Å². The van der Waals surface area contributed by atoms with Crippen LogP contribution < -0.4 is 4.72 Å². The van der Waals surface area contributed by atoms with E-state index in [0.717, 1.165) is 4.90 Å². The molecule has 7 heteroatoms. The van der Waals surface area contributed by atoms with Crippen molar-refractivity contribution in [1.82, 2.24) is 0 Å². The summed E-state index contributed by atoms with van der Waals surface area (Å²) >= 11 is 1.54. The minimum atomic E-state index is -3.68. The number of rotatable bonds is 6. The van der Waals surface area contributed by atoms with Crippen LogP contribution in [0.5, 0.6) is 0 Å². The van der Waals surface area contributed by atoms with Crippen LogP contribution in [-0.4, -0.2) is 27.2 Å². The summed E-state index contributed by atoms with van der Waals surface area (Å²) in [6.45, 7) is 3.76. The van der Waals surface area contributed by atoms with E-state index in [9.17, 15) is 13.2 Å². The maximum absolute atomic E-state index is 12.5. The third-order valence-corrected chi connectivity index (χ3v) is 5.48. The van der Waals surface area contributed by atoms with E-state index < -0.39 is 16.0 Å². The van der Waals surface area contributed by atoms with Crippen LogP contribution in [0.2, 0.25) is 0 Å². The molecule has 0 atom stereocenters. The summed E-state index contributed by atoms with van der Waals surface area (Å²) < 4.78 is 32.4. The van der Waals surface area contributed by atoms with E-state index in [2.05, 4.69) is 4.72 Å². The summed E-state index contributed by atoms with van der Waals surface area (Å²) in [5.74, 6) is -0.428. The van der Waals surface area contributed by atoms with Gasteiger partial charge in [-0.15, -0.1) is 11.8 Å². The normalized spacial score (nSPS) is 11.1. The Morgan fingerprint density at radius 2 is 1.83 bits per heavy atom. The summed E-state index contributed by atoms with van der Waals surface area (Å²) in [4.78, 5) is 12.9. The Morgan fingerprint density at radius 1 is 1.17 bits per heavy atom. The highest BCUT2D eigenvalue weighted by Crippen LogP contribution is 2.23. The van der Waals surface area contributed by atoms with Crippen LogP contribution in [0.3, 0.4) is 0 Å². The number of aryl methyl sites for hydroxylation is 1. The average molecular weight is 365 g/mol. The number of sulfonamides is 1. The number of carbonyl (C=O) groups is 1. The Kier molecular flexibility index (Phi) is 5.90. The van der Waals surface area contributed by atoms with Crippen LogP contribution >= 0.6 is 11.8 Å². The molecule has 2 aromatic rings. The fraction of sp³-hybridized carbons (Fsp3) is 0.235. The molecular formula is C17H19NO4S2. The predicted molar refractivity (Wildman–Crippen MR) is 96.2 cm³/mol. The third kappa shape index (κ3) is 4.30. The van der Waals surface area contributed by atoms with Crippen LogP contribution in [0.1, 0.15) is 22.8 Å². The van der Waals surface area contributed by atoms with Gasteiger partial charge in [0.05, 0.1) is 22.8 Å². The molecule has 5 nitrogen and oxygen atoms in total. The molecule has 0 heterocycles. The quantitative estimate of drug-likeness (QED) is 0.624. The van der Waals surface area contributed by atoms with Gasteiger partial charge in [-0.2, -0.15) is 0 Å². The van der Waals surface area contributed by atoms with Crippen molar-refractivity contribution in [2.45, 2.75) is 23.6 Å². The Labute approximate surface area is 146 Å². The van der Waals surface area contributed by atoms with Crippen molar-refractivity contribution >= 4 is 33.4 Å². The fourth-order valence-electron chi connectivity index (χ4n) is 2.08. The van der Waals surface area contributed by atoms with Crippen molar-refractivity contribution in [2.75, 3.05) is 17.6 Å². The highest BCUT2D eigenvalue weighted by Gasteiger charge is 2.16. The zero-order valence-electron chi connectivity index (χ0n) is 13.7. The smallest absolute Gasteiger partial charge is 0.338 e. The molecule has 0 aromatic heterocycles. The van der Waals surface area contributed by atoms with E-state index in [-0.39, 0.29) is 11.5 Å². The van der Waals surface area contributed by atoms with Gasteiger partial charge in [-0.25, -0.2) is 13.2 Å². The first-order valence-electron chi connectivity index (χ1n) is 7.32. The van der Waals surface area contributed by atoms with Crippen LogP contribution in [0.15, 0.2) is 52.3 Å². The lowest BCUT2D eigenvalue weighted by molar-refractivity contribution is 0.0526. The van der Waals surface area contributed by atoms with Gasteiger partial charge in [-0.1, -0.05) is 0 Å². The highest BCUT2D eigenvalue weighted by atomic mass is 32.2. The molecule has 0 aliphatic heterocycles. The molecule has 1 N–H and O–H groups in total. The molecule has 0 fully saturated rings. The van der Waals surface area contributed by atoms with Gasteiger partial charge in [0.15, 0.2) is 0 Å². The van der Waals surface area contributed by atoms with Crippen LogP contribution in [-0.2, 0) is 14.8 Å². The number of hydrogen-bond donors (Lipinski definition) is 1. The summed E-state index contributed by atoms with van der Waals surface area (Å²) in [6.07, 6.45) is 1.93. The first-order valence-corrected chi connectivity index (χ1v) is 10.0. The average Bonchev–Trinajstić information content (AvgIpc) is 2.57. The summed E-state index contributed by atoms with van der Waals surface area (Å²) in [6, 6.07) is 11.4. The molecule has 2 aromatic carbocycles. The lowest BCUT2D eigenvalue weighted by Gasteiger charge is -2.12. The lowest BCUT2D eigenvalue weighted by atomic mass is 10.1. The predicted octanol–water partition coefficient (Wildman–Crippen LogP) is 3.69. The molecule has 0 aliphatic carbocycles. The number of thioether (sulfide) groups is 1. The van der Waals surface area contributed by atoms with Gasteiger partial charge in [-0.3, -0.25) is 4.72 Å². The molecule has 0 bridgehead atoms. The Bertz CT molecular complexity index is 830. The van der Waals surface area contributed by atoms with E-state index in [1.54, 1.807) is 68.1 Å². The summed E-state index contributed by atoms with van der Waals surface area (Å²) in [5, 5.41) is 0. The SMILES string of the molecule is CCOC(=O)c1ccc(NS(=O)(=O)c2ccc(SC)cc2)c(C)c1. The largest absolute Gasteiger partial charge is 0.462 e. The monoisotopic (exact) mass is 365 g/mol. The first-order chi connectivity index (χ1) is 11.4. The van der Waals surface area contributed by atoms with Gasteiger partial charge in [0.1, 0.15) is 0 Å². The first kappa shape index (κ1) is 18.4. The number of nitrogens with one attached hydrogen (secondary N) is 1. The van der Waals surface area contributed by atoms with E-state index in [1.165, 1.54) is 0 Å². The molecule has 0 unspecified atom stereocenters. The minimum absolute atomic E-state index is 0.189. The van der Waals surface area contributed by atoms with Gasteiger partial charge >= 0.3 is 5.97 Å². The number of ether oxygens (including phenoxy) is 1. The number of esters is 1. The fourth-order valence-corrected chi connectivity index (χ4v) is 3.62. The maximum Gasteiger partial charge on any atom is 0.338 e. The van der Waals surface area contributed by atoms with Gasteiger partial charge in [0, 0.05) is 4.90 Å². The topological polar surface area (TPSA) is 72.5 Å². The van der Waals surface area contributed by atoms with Gasteiger partial charge in [0.2, 0.25) is 0 Å². The van der Waals surface area contributed by atoms with Gasteiger partial charge < -0.3 is 4.74 Å². The third-order valence-electron chi connectivity index (χ3n) is 3.35. The van der Waals surface area contributed by atoms with Crippen molar-refractivity contribution in [3.63, 3.8) is 0 Å². The molecule has 0 saturated heterocycles. The molecule has 0 amide bonds. The van der Waals surface area contributed by atoms with Crippen molar-refractivity contribution < 1.29 is 17.9 Å². The second kappa shape index (κ2) is 7.72. The molecule has 0 aliphatic rings. The number of benzene rings is 2. The maximum atomic E-state index is 12.5. The zero-order chi connectivity index (χ0) is 17.7. The van der Waals surface area contributed by atoms with Gasteiger partial charge in [-0.05, 0) is 68.1 Å². The van der Waals surface area contributed by atoms with E-state index >= 15 is 0 Å². The Morgan fingerprint density at radius 3 is 2.38 bits per heavy atom. The summed E-state index contributed by atoms with van der Waals surface area (Å²) in [5.41, 5.74) is 1.46. The molecule has 24 heavy (non-hydrogen) atoms. The molecule has 0 radical (unpaired) electrons. The number of anilines is 1. The molecular weight excluding hydrogens is 346 g/mol. The Hall–Kier alpha value is -1.99. The van der Waals surface area contributed by atoms with Crippen LogP contribution in [0.25, 0.3) is 0 Å². The molecule has 0 saturated carbocycles. The second-order valence-electron chi connectivity index (χ2n) is 5.03. The number of hydrogen-bond acceptors (Lipinski definition) is 5. The van der Waals surface area contributed by atoms with Gasteiger partial charge in [0.25, 0.3) is 10.0 Å². The van der Waals surface area contributed by atoms with E-state index in [0.29, 0.717) is 16.8 Å². The molecule has 128 valence electrons. The molecule has 0 spiro atoms. The van der Waals surface area contributed by atoms with Crippen molar-refractivity contribution in [2.24, 2.45) is 0 Å². The van der Waals surface area contributed by atoms with Crippen LogP contribution in [0, 0.1) is 6.92 Å². The van der Waals surface area contributed by atoms with Crippen molar-refractivity contribution in [1.29, 1.82) is 0 Å². The molecule has 2 rings (SSSR count). The zero-order valence-corrected chi connectivity index (χ0v) is 15.3. The lowest BCUT2D eigenvalue weighted by Crippen LogP contribution is -2.14. The van der Waals surface area contributed by atoms with Crippen molar-refractivity contribution in [3.05, 3.63) is 53.6 Å². The van der Waals surface area contributed by atoms with E-state index in [4.69, 9.17) is 4.74 Å². The second-order valence-corrected chi connectivity index (χ2v) is 7.59. The number of carbonyl (C=O) groups excluding carboxylic acids is 1.